The van der Waals surface area contributed by atoms with Gasteiger partial charge >= 0.3 is 5.97 Å². The van der Waals surface area contributed by atoms with E-state index >= 15 is 0 Å². The highest BCUT2D eigenvalue weighted by atomic mass is 79.9. The number of phenolic OH excluding ortho intramolecular Hbond substituents is 1. The minimum atomic E-state index is -1.99. The Hall–Kier alpha value is -2.63. The van der Waals surface area contributed by atoms with Crippen LogP contribution in [0.2, 0.25) is 0 Å². The van der Waals surface area contributed by atoms with Crippen molar-refractivity contribution in [3.8, 4) is 11.5 Å². The van der Waals surface area contributed by atoms with Crippen LogP contribution in [0.15, 0.2) is 29.8 Å². The summed E-state index contributed by atoms with van der Waals surface area (Å²) in [6.45, 7) is -0.266. The van der Waals surface area contributed by atoms with E-state index in [2.05, 4.69) is 15.9 Å². The number of hydrogen-bond donors (Lipinski definition) is 2. The Balaban J connectivity index is 1.69. The summed E-state index contributed by atoms with van der Waals surface area (Å²) >= 11 is 17.4. The van der Waals surface area contributed by atoms with Crippen LogP contribution in [-0.2, 0) is 24.0 Å². The van der Waals surface area contributed by atoms with E-state index in [0.29, 0.717) is 11.1 Å². The summed E-state index contributed by atoms with van der Waals surface area (Å²) in [5.41, 5.74) is 0.806. The van der Waals surface area contributed by atoms with Crippen LogP contribution in [-0.4, -0.2) is 78.5 Å². The Kier molecular flexibility index (Phi) is 6.55. The van der Waals surface area contributed by atoms with E-state index < -0.39 is 69.4 Å². The van der Waals surface area contributed by atoms with Gasteiger partial charge in [-0.05, 0) is 24.8 Å². The maximum atomic E-state index is 13.7. The number of allylic oxidation sites excluding steroid dienone is 2. The van der Waals surface area contributed by atoms with E-state index in [4.69, 9.17) is 33.0 Å². The van der Waals surface area contributed by atoms with Crippen LogP contribution < -0.4 is 4.74 Å². The number of carboxylic acids is 1. The topological polar surface area (TPSA) is 142 Å². The molecular formula is C25H23BrCl2N2O8. The fourth-order valence-electron chi connectivity index (χ4n) is 6.53. The number of alkyl halides is 3. The molecule has 202 valence electrons. The molecule has 5 rings (SSSR count). The number of likely N-dealkylation sites (tertiary alicyclic amines) is 2. The zero-order valence-electron chi connectivity index (χ0n) is 20.0. The number of imide groups is 2. The fourth-order valence-corrected chi connectivity index (χ4v) is 7.95. The zero-order chi connectivity index (χ0) is 27.7. The van der Waals surface area contributed by atoms with Crippen molar-refractivity contribution in [3.63, 3.8) is 0 Å². The minimum Gasteiger partial charge on any atom is -0.508 e. The number of ether oxygens (including phenoxy) is 1. The molecule has 13 heteroatoms. The lowest BCUT2D eigenvalue weighted by atomic mass is 9.56. The summed E-state index contributed by atoms with van der Waals surface area (Å²) in [7, 11) is 1.38. The number of hydrogen-bond acceptors (Lipinski definition) is 7. The number of rotatable bonds is 6. The minimum absolute atomic E-state index is 0.0991. The third kappa shape index (κ3) is 3.47. The van der Waals surface area contributed by atoms with Crippen molar-refractivity contribution in [2.75, 3.05) is 19.1 Å². The lowest BCUT2D eigenvalue weighted by Gasteiger charge is -2.51. The summed E-state index contributed by atoms with van der Waals surface area (Å²) in [5, 5.41) is 19.2. The zero-order valence-corrected chi connectivity index (χ0v) is 23.1. The van der Waals surface area contributed by atoms with Gasteiger partial charge in [-0.15, -0.1) is 23.2 Å². The lowest BCUT2D eigenvalue weighted by molar-refractivity contribution is -0.143. The molecule has 2 N–H and O–H groups in total. The number of fused-ring (bicyclic) bond motifs is 4. The third-order valence-corrected chi connectivity index (χ3v) is 10.1. The fraction of sp³-hybridized carbons (Fsp3) is 0.480. The maximum absolute atomic E-state index is 13.7. The first kappa shape index (κ1) is 27.0. The van der Waals surface area contributed by atoms with Crippen molar-refractivity contribution in [1.82, 2.24) is 9.80 Å². The third-order valence-electron chi connectivity index (χ3n) is 8.18. The molecule has 3 fully saturated rings. The lowest BCUT2D eigenvalue weighted by Crippen LogP contribution is -2.60. The summed E-state index contributed by atoms with van der Waals surface area (Å²) < 4.78 is 5.50. The number of aromatic hydroxyl groups is 1. The molecule has 6 atom stereocenters. The molecule has 0 aromatic heterocycles. The van der Waals surface area contributed by atoms with E-state index in [1.807, 2.05) is 0 Å². The van der Waals surface area contributed by atoms with Gasteiger partial charge in [0.05, 0.1) is 30.8 Å². The number of carboxylic acid groups (broad SMARTS) is 1. The SMILES string of the molecule is COc1cc(O)ccc1[C@H]1C2=CC[C@@H]3C(=O)N(CCC(=O)O)C(=O)[C@@H]3[C@@H]2C[C@@]2(Cl)C(=O)N(CBr)C(=O)[C@@]12Cl. The number of carbonyl (C=O) groups is 5. The monoisotopic (exact) mass is 628 g/mol. The predicted molar refractivity (Wildman–Crippen MR) is 137 cm³/mol. The molecule has 2 saturated heterocycles. The molecule has 1 aromatic carbocycles. The molecule has 2 aliphatic heterocycles. The molecule has 38 heavy (non-hydrogen) atoms. The van der Waals surface area contributed by atoms with Gasteiger partial charge < -0.3 is 14.9 Å². The molecule has 0 spiro atoms. The number of nitrogens with zero attached hydrogens (tertiary/aromatic N) is 2. The standard InChI is InChI=1S/C25H23BrCl2N2O8/c1-38-16-8-11(31)2-3-13(16)19-12-4-5-14-18(21(35)29(20(14)34)7-6-17(32)33)15(12)9-24(27)22(36)30(10-26)23(37)25(19,24)28/h2-4,8,14-15,18-19,31H,5-7,9-10H2,1H3,(H,32,33)/t14-,15+,18-,19+,24+,25-/m0/s1. The Labute approximate surface area is 235 Å². The van der Waals surface area contributed by atoms with Gasteiger partial charge in [-0.25, -0.2) is 0 Å². The average Bonchev–Trinajstić information content (AvgIpc) is 3.20. The van der Waals surface area contributed by atoms with Crippen molar-refractivity contribution in [1.29, 1.82) is 0 Å². The van der Waals surface area contributed by atoms with E-state index in [9.17, 15) is 29.1 Å². The van der Waals surface area contributed by atoms with Crippen LogP contribution in [0.4, 0.5) is 0 Å². The van der Waals surface area contributed by atoms with Gasteiger partial charge in [0, 0.05) is 24.1 Å². The Morgan fingerprint density at radius 1 is 1.13 bits per heavy atom. The van der Waals surface area contributed by atoms with E-state index in [-0.39, 0.29) is 36.3 Å². The van der Waals surface area contributed by atoms with E-state index in [1.54, 1.807) is 6.08 Å². The number of amides is 4. The Morgan fingerprint density at radius 2 is 1.84 bits per heavy atom. The smallest absolute Gasteiger partial charge is 0.305 e. The van der Waals surface area contributed by atoms with Crippen molar-refractivity contribution in [2.45, 2.75) is 34.9 Å². The molecule has 0 radical (unpaired) electrons. The first-order valence-corrected chi connectivity index (χ1v) is 13.7. The van der Waals surface area contributed by atoms with Crippen molar-refractivity contribution in [3.05, 3.63) is 35.4 Å². The van der Waals surface area contributed by atoms with Gasteiger partial charge in [0.2, 0.25) is 11.8 Å². The molecule has 0 unspecified atom stereocenters. The highest BCUT2D eigenvalue weighted by molar-refractivity contribution is 9.09. The Bertz CT molecular complexity index is 1320. The largest absolute Gasteiger partial charge is 0.508 e. The van der Waals surface area contributed by atoms with Crippen LogP contribution >= 0.6 is 39.1 Å². The molecule has 1 saturated carbocycles. The van der Waals surface area contributed by atoms with Gasteiger partial charge in [-0.1, -0.05) is 33.6 Å². The molecule has 0 bridgehead atoms. The molecule has 10 nitrogen and oxygen atoms in total. The van der Waals surface area contributed by atoms with Crippen molar-refractivity contribution >= 4 is 68.7 Å². The Morgan fingerprint density at radius 3 is 2.47 bits per heavy atom. The van der Waals surface area contributed by atoms with Gasteiger partial charge in [0.15, 0.2) is 9.75 Å². The summed E-state index contributed by atoms with van der Waals surface area (Å²) in [6, 6.07) is 4.28. The highest BCUT2D eigenvalue weighted by Crippen LogP contribution is 2.66. The second kappa shape index (κ2) is 9.24. The highest BCUT2D eigenvalue weighted by Gasteiger charge is 2.76. The molecule has 4 aliphatic rings. The van der Waals surface area contributed by atoms with Crippen LogP contribution in [0.25, 0.3) is 0 Å². The number of benzene rings is 1. The van der Waals surface area contributed by atoms with Gasteiger partial charge in [-0.3, -0.25) is 33.8 Å². The number of methoxy groups -OCH3 is 1. The number of phenols is 1. The first-order chi connectivity index (χ1) is 17.9. The first-order valence-electron chi connectivity index (χ1n) is 11.9. The van der Waals surface area contributed by atoms with Crippen LogP contribution in [0, 0.1) is 17.8 Å². The molecule has 2 aliphatic carbocycles. The van der Waals surface area contributed by atoms with Crippen molar-refractivity contribution in [2.24, 2.45) is 17.8 Å². The number of aliphatic carboxylic acids is 1. The maximum Gasteiger partial charge on any atom is 0.305 e. The molecule has 1 aromatic rings. The van der Waals surface area contributed by atoms with Crippen LogP contribution in [0.3, 0.4) is 0 Å². The van der Waals surface area contributed by atoms with Gasteiger partial charge in [0.25, 0.3) is 11.8 Å². The van der Waals surface area contributed by atoms with Gasteiger partial charge in [-0.2, -0.15) is 0 Å². The average molecular weight is 630 g/mol. The summed E-state index contributed by atoms with van der Waals surface area (Å²) in [5.74, 6) is -6.92. The summed E-state index contributed by atoms with van der Waals surface area (Å²) in [4.78, 5) is 63.1. The van der Waals surface area contributed by atoms with Crippen LogP contribution in [0.1, 0.15) is 30.7 Å². The molecule has 4 amide bonds. The summed E-state index contributed by atoms with van der Waals surface area (Å²) in [6.07, 6.45) is 1.35. The molecular weight excluding hydrogens is 607 g/mol. The van der Waals surface area contributed by atoms with Crippen LogP contribution in [0.5, 0.6) is 11.5 Å². The molecule has 2 heterocycles. The predicted octanol–water partition coefficient (Wildman–Crippen LogP) is 2.59. The van der Waals surface area contributed by atoms with E-state index in [1.165, 1.54) is 25.3 Å². The number of carbonyl (C=O) groups excluding carboxylic acids is 4. The number of halogens is 3. The van der Waals surface area contributed by atoms with E-state index in [0.717, 1.165) is 9.80 Å². The normalized spacial score (nSPS) is 34.2. The van der Waals surface area contributed by atoms with Crippen molar-refractivity contribution < 1.29 is 38.9 Å². The second-order valence-corrected chi connectivity index (χ2v) is 11.6. The quantitative estimate of drug-likeness (QED) is 0.212. The second-order valence-electron chi connectivity index (χ2n) is 9.88. The van der Waals surface area contributed by atoms with Gasteiger partial charge in [0.1, 0.15) is 11.5 Å².